The van der Waals surface area contributed by atoms with E-state index in [-0.39, 0.29) is 0 Å². The molecule has 0 bridgehead atoms. The second kappa shape index (κ2) is 4.31. The van der Waals surface area contributed by atoms with Crippen molar-refractivity contribution in [2.75, 3.05) is 0 Å². The number of hydrogen-bond donors (Lipinski definition) is 0. The summed E-state index contributed by atoms with van der Waals surface area (Å²) in [5, 5.41) is 10.3. The molecule has 0 amide bonds. The maximum absolute atomic E-state index is 9.19. The summed E-state index contributed by atoms with van der Waals surface area (Å²) in [6.45, 7) is 0. The molecule has 1 aromatic heterocycles. The molecule has 0 unspecified atom stereocenters. The Morgan fingerprint density at radius 2 is 1.61 bits per heavy atom. The molecule has 2 heteroatoms. The number of para-hydroxylation sites is 1. The monoisotopic (exact) mass is 230 g/mol. The van der Waals surface area contributed by atoms with E-state index in [2.05, 4.69) is 11.1 Å². The number of fused-ring (bicyclic) bond motifs is 1. The van der Waals surface area contributed by atoms with Gasteiger partial charge in [0.15, 0.2) is 0 Å². The van der Waals surface area contributed by atoms with Crippen LogP contribution in [0.1, 0.15) is 5.56 Å². The summed E-state index contributed by atoms with van der Waals surface area (Å²) >= 11 is 0. The molecule has 0 aliphatic heterocycles. The van der Waals surface area contributed by atoms with Crippen LogP contribution in [0.3, 0.4) is 0 Å². The predicted octanol–water partition coefficient (Wildman–Crippen LogP) is 3.77. The van der Waals surface area contributed by atoms with Gasteiger partial charge in [0.1, 0.15) is 0 Å². The van der Waals surface area contributed by atoms with E-state index in [1.165, 1.54) is 0 Å². The highest BCUT2D eigenvalue weighted by Crippen LogP contribution is 2.29. The number of pyridine rings is 1. The molecule has 18 heavy (non-hydrogen) atoms. The van der Waals surface area contributed by atoms with Crippen LogP contribution >= 0.6 is 0 Å². The van der Waals surface area contributed by atoms with Crippen molar-refractivity contribution in [2.45, 2.75) is 0 Å². The molecule has 0 spiro atoms. The Morgan fingerprint density at radius 3 is 2.50 bits per heavy atom. The molecule has 0 aliphatic carbocycles. The highest BCUT2D eigenvalue weighted by Gasteiger charge is 2.07. The topological polar surface area (TPSA) is 36.7 Å². The average Bonchev–Trinajstić information content (AvgIpc) is 2.46. The Bertz CT molecular complexity index is 749. The quantitative estimate of drug-likeness (QED) is 0.638. The second-order valence-corrected chi connectivity index (χ2v) is 4.03. The molecule has 2 nitrogen and oxygen atoms in total. The lowest BCUT2D eigenvalue weighted by atomic mass is 9.97. The Morgan fingerprint density at radius 1 is 0.833 bits per heavy atom. The van der Waals surface area contributed by atoms with Crippen LogP contribution in [0.2, 0.25) is 0 Å². The lowest BCUT2D eigenvalue weighted by molar-refractivity contribution is 1.41. The van der Waals surface area contributed by atoms with Gasteiger partial charge in [0, 0.05) is 17.1 Å². The first kappa shape index (κ1) is 10.5. The van der Waals surface area contributed by atoms with Gasteiger partial charge in [0.2, 0.25) is 0 Å². The average molecular weight is 230 g/mol. The fourth-order valence-corrected chi connectivity index (χ4v) is 2.15. The summed E-state index contributed by atoms with van der Waals surface area (Å²) in [4.78, 5) is 4.34. The zero-order valence-corrected chi connectivity index (χ0v) is 9.67. The van der Waals surface area contributed by atoms with Crippen LogP contribution in [0.15, 0.2) is 60.8 Å². The van der Waals surface area contributed by atoms with Crippen LogP contribution in [-0.4, -0.2) is 4.98 Å². The fraction of sp³-hybridized carbons (Fsp3) is 0. The molecular formula is C16H10N2. The Kier molecular flexibility index (Phi) is 2.51. The molecule has 0 atom stereocenters. The van der Waals surface area contributed by atoms with Gasteiger partial charge in [-0.15, -0.1) is 0 Å². The van der Waals surface area contributed by atoms with Crippen molar-refractivity contribution in [2.24, 2.45) is 0 Å². The SMILES string of the molecule is N#Cc1ccccc1-c1ccnc2ccccc12. The lowest BCUT2D eigenvalue weighted by Gasteiger charge is -2.07. The minimum absolute atomic E-state index is 0.689. The van der Waals surface area contributed by atoms with E-state index in [0.29, 0.717) is 5.56 Å². The standard InChI is InChI=1S/C16H10N2/c17-11-12-5-1-2-6-13(12)14-9-10-18-16-8-4-3-7-15(14)16/h1-10H. The third-order valence-corrected chi connectivity index (χ3v) is 2.99. The summed E-state index contributed by atoms with van der Waals surface area (Å²) in [5.74, 6) is 0. The van der Waals surface area contributed by atoms with E-state index in [1.807, 2.05) is 54.6 Å². The van der Waals surface area contributed by atoms with E-state index in [4.69, 9.17) is 0 Å². The summed E-state index contributed by atoms with van der Waals surface area (Å²) < 4.78 is 0. The van der Waals surface area contributed by atoms with Gasteiger partial charge in [-0.2, -0.15) is 5.26 Å². The summed E-state index contributed by atoms with van der Waals surface area (Å²) in [5.41, 5.74) is 3.65. The van der Waals surface area contributed by atoms with Crippen molar-refractivity contribution < 1.29 is 0 Å². The van der Waals surface area contributed by atoms with Crippen LogP contribution in [0.5, 0.6) is 0 Å². The zero-order valence-electron chi connectivity index (χ0n) is 9.67. The van der Waals surface area contributed by atoms with Crippen molar-refractivity contribution in [3.63, 3.8) is 0 Å². The van der Waals surface area contributed by atoms with Gasteiger partial charge in [0.25, 0.3) is 0 Å². The van der Waals surface area contributed by atoms with Crippen molar-refractivity contribution in [3.05, 3.63) is 66.4 Å². The van der Waals surface area contributed by atoms with Crippen LogP contribution in [0.25, 0.3) is 22.0 Å². The van der Waals surface area contributed by atoms with Gasteiger partial charge < -0.3 is 0 Å². The molecule has 2 aromatic carbocycles. The second-order valence-electron chi connectivity index (χ2n) is 4.03. The number of nitrogens with zero attached hydrogens (tertiary/aromatic N) is 2. The molecule has 0 aliphatic rings. The van der Waals surface area contributed by atoms with E-state index in [0.717, 1.165) is 22.0 Å². The molecule has 3 rings (SSSR count). The minimum Gasteiger partial charge on any atom is -0.256 e. The maximum Gasteiger partial charge on any atom is 0.0998 e. The third-order valence-electron chi connectivity index (χ3n) is 2.99. The van der Waals surface area contributed by atoms with Gasteiger partial charge in [0.05, 0.1) is 17.1 Å². The molecule has 3 aromatic rings. The smallest absolute Gasteiger partial charge is 0.0998 e. The minimum atomic E-state index is 0.689. The van der Waals surface area contributed by atoms with Gasteiger partial charge in [-0.25, -0.2) is 0 Å². The van der Waals surface area contributed by atoms with Crippen molar-refractivity contribution in [1.82, 2.24) is 4.98 Å². The highest BCUT2D eigenvalue weighted by atomic mass is 14.6. The van der Waals surface area contributed by atoms with Gasteiger partial charge >= 0.3 is 0 Å². The lowest BCUT2D eigenvalue weighted by Crippen LogP contribution is -1.87. The summed E-state index contributed by atoms with van der Waals surface area (Å²) in [6, 6.07) is 19.8. The Hall–Kier alpha value is -2.66. The first-order valence-corrected chi connectivity index (χ1v) is 5.73. The van der Waals surface area contributed by atoms with Crippen LogP contribution in [-0.2, 0) is 0 Å². The molecule has 84 valence electrons. The molecule has 0 N–H and O–H groups in total. The largest absolute Gasteiger partial charge is 0.256 e. The van der Waals surface area contributed by atoms with E-state index < -0.39 is 0 Å². The zero-order chi connectivity index (χ0) is 12.4. The normalized spacial score (nSPS) is 10.2. The van der Waals surface area contributed by atoms with E-state index in [9.17, 15) is 5.26 Å². The number of nitriles is 1. The molecular weight excluding hydrogens is 220 g/mol. The van der Waals surface area contributed by atoms with Crippen LogP contribution < -0.4 is 0 Å². The first-order valence-electron chi connectivity index (χ1n) is 5.73. The van der Waals surface area contributed by atoms with Gasteiger partial charge in [-0.3, -0.25) is 4.98 Å². The van der Waals surface area contributed by atoms with Crippen molar-refractivity contribution in [1.29, 1.82) is 5.26 Å². The molecule has 0 radical (unpaired) electrons. The predicted molar refractivity (Wildman–Crippen MR) is 71.9 cm³/mol. The summed E-state index contributed by atoms with van der Waals surface area (Å²) in [6.07, 6.45) is 1.78. The molecule has 1 heterocycles. The maximum atomic E-state index is 9.19. The Labute approximate surface area is 105 Å². The third kappa shape index (κ3) is 1.63. The molecule has 0 fully saturated rings. The van der Waals surface area contributed by atoms with Crippen LogP contribution in [0, 0.1) is 11.3 Å². The fourth-order valence-electron chi connectivity index (χ4n) is 2.15. The molecule has 0 saturated carbocycles. The van der Waals surface area contributed by atoms with E-state index >= 15 is 0 Å². The number of aromatic nitrogens is 1. The number of rotatable bonds is 1. The van der Waals surface area contributed by atoms with Gasteiger partial charge in [-0.1, -0.05) is 36.4 Å². The van der Waals surface area contributed by atoms with Gasteiger partial charge in [-0.05, 0) is 23.8 Å². The van der Waals surface area contributed by atoms with Crippen molar-refractivity contribution in [3.8, 4) is 17.2 Å². The first-order chi connectivity index (χ1) is 8.90. The highest BCUT2D eigenvalue weighted by molar-refractivity contribution is 5.95. The van der Waals surface area contributed by atoms with Crippen molar-refractivity contribution >= 4 is 10.9 Å². The summed E-state index contributed by atoms with van der Waals surface area (Å²) in [7, 11) is 0. The molecule has 0 saturated heterocycles. The number of benzene rings is 2. The Balaban J connectivity index is 2.36. The van der Waals surface area contributed by atoms with E-state index in [1.54, 1.807) is 6.20 Å². The van der Waals surface area contributed by atoms with Crippen LogP contribution in [0.4, 0.5) is 0 Å². The number of hydrogen-bond acceptors (Lipinski definition) is 2.